The van der Waals surface area contributed by atoms with Gasteiger partial charge in [0.1, 0.15) is 5.69 Å². The fourth-order valence-electron chi connectivity index (χ4n) is 5.09. The van der Waals surface area contributed by atoms with E-state index in [4.69, 9.17) is 4.98 Å². The van der Waals surface area contributed by atoms with Crippen molar-refractivity contribution in [2.45, 2.75) is 57.5 Å². The summed E-state index contributed by atoms with van der Waals surface area (Å²) in [7, 11) is 0. The van der Waals surface area contributed by atoms with Gasteiger partial charge < -0.3 is 9.80 Å². The van der Waals surface area contributed by atoms with Crippen LogP contribution in [0, 0.1) is 0 Å². The first-order valence-electron chi connectivity index (χ1n) is 11.6. The highest BCUT2D eigenvalue weighted by atomic mass is 16.2. The molecule has 168 valence electrons. The highest BCUT2D eigenvalue weighted by Gasteiger charge is 2.33. The van der Waals surface area contributed by atoms with Gasteiger partial charge in [-0.2, -0.15) is 0 Å². The first-order valence-corrected chi connectivity index (χ1v) is 11.6. The number of likely N-dealkylation sites (tertiary alicyclic amines) is 2. The standard InChI is InChI=1S/C24H30N6O2/c1-16(2)28-12-8-17(9-13-28)19-15-23(31)30-22(26-19)14-20(27-30)21-7-5-11-29(21)24(32)18-6-3-4-10-25-18/h3-4,6,10,14-17,21,27H,5,7-9,11-13H2,1-2H3/t21-/m0/s1. The fraction of sp³-hybridized carbons (Fsp3) is 0.500. The summed E-state index contributed by atoms with van der Waals surface area (Å²) in [4.78, 5) is 39.3. The van der Waals surface area contributed by atoms with Gasteiger partial charge in [-0.1, -0.05) is 6.07 Å². The number of aromatic nitrogens is 4. The molecule has 8 nitrogen and oxygen atoms in total. The van der Waals surface area contributed by atoms with E-state index in [1.165, 1.54) is 4.52 Å². The van der Waals surface area contributed by atoms with Crippen LogP contribution in [0.3, 0.4) is 0 Å². The number of amides is 1. The molecule has 0 spiro atoms. The van der Waals surface area contributed by atoms with E-state index in [2.05, 4.69) is 28.8 Å². The van der Waals surface area contributed by atoms with E-state index in [1.807, 2.05) is 17.0 Å². The molecule has 1 amide bonds. The Morgan fingerprint density at radius 1 is 1.12 bits per heavy atom. The summed E-state index contributed by atoms with van der Waals surface area (Å²) in [5.41, 5.74) is 2.72. The smallest absolute Gasteiger partial charge is 0.273 e. The summed E-state index contributed by atoms with van der Waals surface area (Å²) in [5, 5.41) is 3.21. The number of piperidine rings is 1. The van der Waals surface area contributed by atoms with Crippen molar-refractivity contribution >= 4 is 11.6 Å². The van der Waals surface area contributed by atoms with Crippen LogP contribution < -0.4 is 5.56 Å². The molecule has 0 unspecified atom stereocenters. The lowest BCUT2D eigenvalue weighted by Crippen LogP contribution is -2.38. The number of nitrogens with zero attached hydrogens (tertiary/aromatic N) is 5. The van der Waals surface area contributed by atoms with Crippen molar-refractivity contribution in [3.05, 3.63) is 64.0 Å². The summed E-state index contributed by atoms with van der Waals surface area (Å²) < 4.78 is 1.50. The van der Waals surface area contributed by atoms with Crippen molar-refractivity contribution in [2.24, 2.45) is 0 Å². The van der Waals surface area contributed by atoms with Gasteiger partial charge in [-0.15, -0.1) is 0 Å². The zero-order chi connectivity index (χ0) is 22.2. The van der Waals surface area contributed by atoms with Crippen LogP contribution in [0.25, 0.3) is 5.65 Å². The summed E-state index contributed by atoms with van der Waals surface area (Å²) in [6.45, 7) is 7.20. The van der Waals surface area contributed by atoms with E-state index < -0.39 is 0 Å². The van der Waals surface area contributed by atoms with Crippen LogP contribution in [0.5, 0.6) is 0 Å². The van der Waals surface area contributed by atoms with Gasteiger partial charge in [-0.05, 0) is 64.8 Å². The van der Waals surface area contributed by atoms with Gasteiger partial charge in [-0.25, -0.2) is 9.50 Å². The number of H-pyrrole nitrogens is 1. The number of carbonyl (C=O) groups excluding carboxylic acids is 1. The van der Waals surface area contributed by atoms with Crippen LogP contribution in [0.15, 0.2) is 41.3 Å². The molecule has 2 aliphatic rings. The maximum Gasteiger partial charge on any atom is 0.273 e. The first-order chi connectivity index (χ1) is 15.5. The molecule has 0 bridgehead atoms. The van der Waals surface area contributed by atoms with Crippen LogP contribution in [0.4, 0.5) is 0 Å². The Morgan fingerprint density at radius 3 is 2.66 bits per heavy atom. The quantitative estimate of drug-likeness (QED) is 0.682. The normalized spacial score (nSPS) is 20.5. The van der Waals surface area contributed by atoms with E-state index in [0.717, 1.165) is 50.2 Å². The van der Waals surface area contributed by atoms with Crippen LogP contribution in [-0.2, 0) is 0 Å². The maximum absolute atomic E-state index is 13.0. The zero-order valence-corrected chi connectivity index (χ0v) is 18.7. The third-order valence-electron chi connectivity index (χ3n) is 6.92. The topological polar surface area (TPSA) is 86.6 Å². The van der Waals surface area contributed by atoms with Crippen molar-refractivity contribution in [3.8, 4) is 0 Å². The molecule has 8 heteroatoms. The van der Waals surface area contributed by atoms with Gasteiger partial charge in [0.05, 0.1) is 17.4 Å². The number of fused-ring (bicyclic) bond motifs is 1. The first kappa shape index (κ1) is 20.9. The van der Waals surface area contributed by atoms with Gasteiger partial charge in [-0.3, -0.25) is 19.7 Å². The molecule has 32 heavy (non-hydrogen) atoms. The molecular formula is C24H30N6O2. The van der Waals surface area contributed by atoms with Crippen molar-refractivity contribution in [3.63, 3.8) is 0 Å². The van der Waals surface area contributed by atoms with E-state index in [-0.39, 0.29) is 17.5 Å². The molecule has 0 radical (unpaired) electrons. The average molecular weight is 435 g/mol. The summed E-state index contributed by atoms with van der Waals surface area (Å²) in [5.74, 6) is 0.236. The Labute approximate surface area is 187 Å². The lowest BCUT2D eigenvalue weighted by atomic mass is 9.92. The van der Waals surface area contributed by atoms with Crippen LogP contribution in [0.2, 0.25) is 0 Å². The van der Waals surface area contributed by atoms with Crippen molar-refractivity contribution in [2.75, 3.05) is 19.6 Å². The molecule has 1 N–H and O–H groups in total. The third kappa shape index (κ3) is 3.83. The predicted molar refractivity (Wildman–Crippen MR) is 122 cm³/mol. The second-order valence-corrected chi connectivity index (χ2v) is 9.20. The number of hydrogen-bond donors (Lipinski definition) is 1. The van der Waals surface area contributed by atoms with Crippen molar-refractivity contribution < 1.29 is 4.79 Å². The van der Waals surface area contributed by atoms with E-state index in [9.17, 15) is 9.59 Å². The second kappa shape index (κ2) is 8.50. The van der Waals surface area contributed by atoms with E-state index in [1.54, 1.807) is 24.4 Å². The number of hydrogen-bond acceptors (Lipinski definition) is 5. The fourth-order valence-corrected chi connectivity index (χ4v) is 5.09. The Hall–Kier alpha value is -3.00. The maximum atomic E-state index is 13.0. The minimum Gasteiger partial charge on any atom is -0.329 e. The number of nitrogens with one attached hydrogen (secondary N) is 1. The molecule has 5 rings (SSSR count). The second-order valence-electron chi connectivity index (χ2n) is 9.20. The van der Waals surface area contributed by atoms with E-state index in [0.29, 0.717) is 29.8 Å². The highest BCUT2D eigenvalue weighted by molar-refractivity contribution is 5.92. The summed E-state index contributed by atoms with van der Waals surface area (Å²) in [6, 6.07) is 9.42. The van der Waals surface area contributed by atoms with E-state index >= 15 is 0 Å². The molecule has 5 heterocycles. The number of rotatable bonds is 4. The summed E-state index contributed by atoms with van der Waals surface area (Å²) in [6.07, 6.45) is 5.44. The van der Waals surface area contributed by atoms with Crippen molar-refractivity contribution in [1.82, 2.24) is 29.4 Å². The molecule has 3 aromatic rings. The molecular weight excluding hydrogens is 404 g/mol. The lowest BCUT2D eigenvalue weighted by Gasteiger charge is -2.34. The molecule has 0 aliphatic carbocycles. The van der Waals surface area contributed by atoms with Gasteiger partial charge in [0, 0.05) is 36.8 Å². The zero-order valence-electron chi connectivity index (χ0n) is 18.7. The Kier molecular flexibility index (Phi) is 5.55. The van der Waals surface area contributed by atoms with Crippen molar-refractivity contribution in [1.29, 1.82) is 0 Å². The molecule has 2 saturated heterocycles. The van der Waals surface area contributed by atoms with Crippen LogP contribution in [-0.4, -0.2) is 61.0 Å². The average Bonchev–Trinajstić information content (AvgIpc) is 3.46. The Balaban J connectivity index is 1.40. The number of carbonyl (C=O) groups is 1. The Bertz CT molecular complexity index is 1160. The SMILES string of the molecule is CC(C)N1CCC(c2cc(=O)n3[nH]c([C@@H]4CCCN4C(=O)c4ccccn4)cc3n2)CC1. The Morgan fingerprint density at radius 2 is 1.94 bits per heavy atom. The molecule has 2 fully saturated rings. The largest absolute Gasteiger partial charge is 0.329 e. The summed E-state index contributed by atoms with van der Waals surface area (Å²) >= 11 is 0. The van der Waals surface area contributed by atoms with Crippen LogP contribution in [0.1, 0.15) is 73.4 Å². The minimum absolute atomic E-state index is 0.0790. The van der Waals surface area contributed by atoms with Gasteiger partial charge in [0.25, 0.3) is 11.5 Å². The number of pyridine rings is 1. The minimum atomic E-state index is -0.108. The highest BCUT2D eigenvalue weighted by Crippen LogP contribution is 2.33. The van der Waals surface area contributed by atoms with Gasteiger partial charge in [0.2, 0.25) is 0 Å². The molecule has 3 aromatic heterocycles. The molecule has 0 saturated carbocycles. The monoisotopic (exact) mass is 434 g/mol. The molecule has 0 aromatic carbocycles. The van der Waals surface area contributed by atoms with Crippen LogP contribution >= 0.6 is 0 Å². The van der Waals surface area contributed by atoms with Gasteiger partial charge in [0.15, 0.2) is 5.65 Å². The lowest BCUT2D eigenvalue weighted by molar-refractivity contribution is 0.0726. The predicted octanol–water partition coefficient (Wildman–Crippen LogP) is 2.98. The number of aromatic amines is 1. The third-order valence-corrected chi connectivity index (χ3v) is 6.92. The van der Waals surface area contributed by atoms with Gasteiger partial charge >= 0.3 is 0 Å². The molecule has 1 atom stereocenters. The molecule has 2 aliphatic heterocycles.